The highest BCUT2D eigenvalue weighted by molar-refractivity contribution is 7.80. The molecular weight excluding hydrogens is 506 g/mol. The predicted molar refractivity (Wildman–Crippen MR) is 136 cm³/mol. The van der Waals surface area contributed by atoms with Crippen molar-refractivity contribution in [3.63, 3.8) is 0 Å². The van der Waals surface area contributed by atoms with Crippen LogP contribution in [0.5, 0.6) is 0 Å². The number of hydrogen-bond acceptors (Lipinski definition) is 5. The summed E-state index contributed by atoms with van der Waals surface area (Å²) >= 11 is 11.0. The van der Waals surface area contributed by atoms with E-state index in [2.05, 4.69) is 10.6 Å². The van der Waals surface area contributed by atoms with Crippen LogP contribution in [0.2, 0.25) is 5.02 Å². The summed E-state index contributed by atoms with van der Waals surface area (Å²) in [6.45, 7) is 3.46. The molecule has 0 atom stereocenters. The first kappa shape index (κ1) is 24.8. The lowest BCUT2D eigenvalue weighted by Crippen LogP contribution is -2.51. The van der Waals surface area contributed by atoms with Crippen LogP contribution >= 0.6 is 23.8 Å². The van der Waals surface area contributed by atoms with Crippen molar-refractivity contribution in [2.75, 3.05) is 0 Å². The van der Waals surface area contributed by atoms with Gasteiger partial charge in [0.25, 0.3) is 11.8 Å². The molecule has 1 aromatic heterocycles. The van der Waals surface area contributed by atoms with Gasteiger partial charge in [-0.3, -0.25) is 20.2 Å². The van der Waals surface area contributed by atoms with E-state index in [1.54, 1.807) is 48.7 Å². The third-order valence-electron chi connectivity index (χ3n) is 5.66. The summed E-state index contributed by atoms with van der Waals surface area (Å²) in [4.78, 5) is 49.1. The van der Waals surface area contributed by atoms with Crippen molar-refractivity contribution in [2.45, 2.75) is 13.8 Å². The van der Waals surface area contributed by atoms with Gasteiger partial charge in [0.05, 0.1) is 11.1 Å². The lowest BCUT2D eigenvalue weighted by molar-refractivity contribution is -0.123. The number of carbonyl (C=O) groups is 4. The van der Waals surface area contributed by atoms with Gasteiger partial charge in [-0.25, -0.2) is 9.59 Å². The van der Waals surface area contributed by atoms with Gasteiger partial charge in [-0.15, -0.1) is 0 Å². The van der Waals surface area contributed by atoms with E-state index in [-0.39, 0.29) is 21.8 Å². The summed E-state index contributed by atoms with van der Waals surface area (Å²) in [5.74, 6) is -3.92. The Hall–Kier alpha value is -4.28. The first-order valence-electron chi connectivity index (χ1n) is 10.5. The van der Waals surface area contributed by atoms with Gasteiger partial charge in [0.15, 0.2) is 5.11 Å². The van der Waals surface area contributed by atoms with Crippen LogP contribution in [0.1, 0.15) is 43.2 Å². The highest BCUT2D eigenvalue weighted by Crippen LogP contribution is 2.34. The monoisotopic (exact) mass is 523 g/mol. The molecule has 182 valence electrons. The lowest BCUT2D eigenvalue weighted by atomic mass is 9.91. The fourth-order valence-electron chi connectivity index (χ4n) is 4.14. The first-order valence-corrected chi connectivity index (χ1v) is 11.2. The largest absolute Gasteiger partial charge is 0.478 e. The van der Waals surface area contributed by atoms with Crippen molar-refractivity contribution >= 4 is 58.3 Å². The summed E-state index contributed by atoms with van der Waals surface area (Å²) in [6.07, 6.45) is 0. The van der Waals surface area contributed by atoms with E-state index in [1.165, 1.54) is 12.1 Å². The minimum atomic E-state index is -1.28. The molecule has 4 N–H and O–H groups in total. The molecule has 2 amide bonds. The minimum absolute atomic E-state index is 0.110. The van der Waals surface area contributed by atoms with Crippen LogP contribution in [0.15, 0.2) is 54.1 Å². The van der Waals surface area contributed by atoms with Crippen LogP contribution in [-0.2, 0) is 9.59 Å². The van der Waals surface area contributed by atoms with Crippen molar-refractivity contribution in [1.29, 1.82) is 0 Å². The molecule has 2 aromatic carbocycles. The highest BCUT2D eigenvalue weighted by atomic mass is 35.5. The molecular formula is C25H18ClN3O6S. The number of nitrogens with zero attached hydrogens (tertiary/aromatic N) is 1. The second-order valence-electron chi connectivity index (χ2n) is 7.99. The number of carboxylic acids is 2. The van der Waals surface area contributed by atoms with E-state index in [1.807, 2.05) is 0 Å². The smallest absolute Gasteiger partial charge is 0.335 e. The van der Waals surface area contributed by atoms with Crippen molar-refractivity contribution in [3.05, 3.63) is 92.8 Å². The normalized spacial score (nSPS) is 13.3. The molecule has 1 saturated heterocycles. The van der Waals surface area contributed by atoms with Crippen molar-refractivity contribution in [2.24, 2.45) is 0 Å². The molecule has 0 aliphatic carbocycles. The molecule has 1 aliphatic rings. The van der Waals surface area contributed by atoms with Crippen LogP contribution in [0.25, 0.3) is 11.3 Å². The summed E-state index contributed by atoms with van der Waals surface area (Å²) in [5.41, 5.74) is 2.21. The zero-order chi connectivity index (χ0) is 26.3. The fraction of sp³-hybridized carbons (Fsp3) is 0.0800. The van der Waals surface area contributed by atoms with E-state index in [0.717, 1.165) is 6.07 Å². The molecule has 1 fully saturated rings. The number of nitrogens with one attached hydrogen (secondary N) is 2. The minimum Gasteiger partial charge on any atom is -0.478 e. The van der Waals surface area contributed by atoms with Crippen LogP contribution in [0.3, 0.4) is 0 Å². The summed E-state index contributed by atoms with van der Waals surface area (Å²) in [7, 11) is 0. The number of aryl methyl sites for hydroxylation is 1. The average molecular weight is 524 g/mol. The Bertz CT molecular complexity index is 1470. The Morgan fingerprint density at radius 3 is 1.89 bits per heavy atom. The molecule has 36 heavy (non-hydrogen) atoms. The van der Waals surface area contributed by atoms with Gasteiger partial charge in [0, 0.05) is 33.2 Å². The Morgan fingerprint density at radius 2 is 1.39 bits per heavy atom. The SMILES string of the molecule is Cc1cc(C(=C2C(=O)NC(=S)NC2=O)c2ccc(Cl)cc2)c(C)n1-c1cc(C(=O)O)cc(C(=O)O)c1. The lowest BCUT2D eigenvalue weighted by Gasteiger charge is -2.21. The number of thiocarbonyl (C=S) groups is 1. The topological polar surface area (TPSA) is 138 Å². The number of hydrogen-bond donors (Lipinski definition) is 4. The number of carboxylic acid groups (broad SMARTS) is 2. The highest BCUT2D eigenvalue weighted by Gasteiger charge is 2.32. The van der Waals surface area contributed by atoms with Gasteiger partial charge >= 0.3 is 11.9 Å². The molecule has 2 heterocycles. The van der Waals surface area contributed by atoms with Gasteiger partial charge in [-0.05, 0) is 68.0 Å². The summed E-state index contributed by atoms with van der Waals surface area (Å²) in [5, 5.41) is 24.2. The van der Waals surface area contributed by atoms with E-state index >= 15 is 0 Å². The average Bonchev–Trinajstić information content (AvgIpc) is 3.09. The maximum Gasteiger partial charge on any atom is 0.335 e. The third kappa shape index (κ3) is 4.51. The van der Waals surface area contributed by atoms with E-state index < -0.39 is 23.8 Å². The number of amides is 2. The summed E-state index contributed by atoms with van der Waals surface area (Å²) < 4.78 is 1.66. The van der Waals surface area contributed by atoms with Gasteiger partial charge in [-0.2, -0.15) is 0 Å². The molecule has 0 bridgehead atoms. The van der Waals surface area contributed by atoms with E-state index in [9.17, 15) is 29.4 Å². The first-order chi connectivity index (χ1) is 17.0. The number of rotatable bonds is 5. The Labute approximate surface area is 215 Å². The quantitative estimate of drug-likeness (QED) is 0.228. The number of aromatic carboxylic acids is 2. The fourth-order valence-corrected chi connectivity index (χ4v) is 4.46. The van der Waals surface area contributed by atoms with E-state index in [0.29, 0.717) is 38.8 Å². The number of carbonyl (C=O) groups excluding carboxylic acids is 2. The van der Waals surface area contributed by atoms with Crippen LogP contribution < -0.4 is 10.6 Å². The Balaban J connectivity index is 2.02. The zero-order valence-electron chi connectivity index (χ0n) is 18.9. The Kier molecular flexibility index (Phi) is 6.49. The molecule has 11 heteroatoms. The molecule has 4 rings (SSSR count). The van der Waals surface area contributed by atoms with Gasteiger partial charge in [0.2, 0.25) is 0 Å². The molecule has 0 unspecified atom stereocenters. The van der Waals surface area contributed by atoms with Gasteiger partial charge in [-0.1, -0.05) is 23.7 Å². The van der Waals surface area contributed by atoms with Crippen molar-refractivity contribution < 1.29 is 29.4 Å². The van der Waals surface area contributed by atoms with Crippen LogP contribution in [-0.4, -0.2) is 43.6 Å². The molecule has 0 radical (unpaired) electrons. The molecule has 9 nitrogen and oxygen atoms in total. The number of benzene rings is 2. The second kappa shape index (κ2) is 9.40. The standard InChI is InChI=1S/C25H18ClN3O6S/c1-11-7-18(12(2)29(11)17-9-14(23(32)33)8-15(10-17)24(34)35)19(13-3-5-16(26)6-4-13)20-21(30)27-25(36)28-22(20)31/h3-10H,1-2H3,(H,32,33)(H,34,35)(H2,27,28,30,31,36). The molecule has 0 spiro atoms. The molecule has 3 aromatic rings. The maximum absolute atomic E-state index is 12.9. The van der Waals surface area contributed by atoms with Crippen molar-refractivity contribution in [3.8, 4) is 5.69 Å². The molecule has 0 saturated carbocycles. The van der Waals surface area contributed by atoms with Gasteiger partial charge in [0.1, 0.15) is 5.57 Å². The number of aromatic nitrogens is 1. The van der Waals surface area contributed by atoms with Crippen LogP contribution in [0, 0.1) is 13.8 Å². The second-order valence-corrected chi connectivity index (χ2v) is 8.84. The zero-order valence-corrected chi connectivity index (χ0v) is 20.5. The number of halogens is 1. The van der Waals surface area contributed by atoms with Gasteiger partial charge < -0.3 is 14.8 Å². The Morgan fingerprint density at radius 1 is 0.861 bits per heavy atom. The third-order valence-corrected chi connectivity index (χ3v) is 6.12. The van der Waals surface area contributed by atoms with Crippen molar-refractivity contribution in [1.82, 2.24) is 15.2 Å². The maximum atomic E-state index is 12.9. The summed E-state index contributed by atoms with van der Waals surface area (Å²) in [6, 6.07) is 12.1. The predicted octanol–water partition coefficient (Wildman–Crippen LogP) is 3.48. The van der Waals surface area contributed by atoms with E-state index in [4.69, 9.17) is 23.8 Å². The molecule has 1 aliphatic heterocycles. The van der Waals surface area contributed by atoms with Crippen LogP contribution in [0.4, 0.5) is 0 Å².